The molecule has 9 heteroatoms. The van der Waals surface area contributed by atoms with Gasteiger partial charge in [0, 0.05) is 19.5 Å². The molecule has 0 fully saturated rings. The lowest BCUT2D eigenvalue weighted by Gasteiger charge is -2.07. The molecular formula is C14H24NO7P. The fraction of sp³-hybridized carbons (Fsp3) is 0.429. The number of anilines is 1. The van der Waals surface area contributed by atoms with Crippen LogP contribution in [0.5, 0.6) is 0 Å². The van der Waals surface area contributed by atoms with Crippen LogP contribution in [0.15, 0.2) is 30.3 Å². The average Bonchev–Trinajstić information content (AvgIpc) is 2.38. The number of benzene rings is 1. The number of carbonyl (C=O) groups is 2. The SMILES string of the molecule is CC(=O)Nc1ccccc1.CC(=O)O.CCOP(=O)(O)OCC. The lowest BCUT2D eigenvalue weighted by atomic mass is 10.3. The second kappa shape index (κ2) is 13.9. The molecule has 0 aliphatic rings. The van der Waals surface area contributed by atoms with E-state index < -0.39 is 13.8 Å². The molecule has 1 aromatic rings. The molecule has 1 amide bonds. The number of amides is 1. The first-order valence-electron chi connectivity index (χ1n) is 6.78. The van der Waals surface area contributed by atoms with Gasteiger partial charge in [0.25, 0.3) is 5.97 Å². The lowest BCUT2D eigenvalue weighted by molar-refractivity contribution is -0.134. The van der Waals surface area contributed by atoms with E-state index in [9.17, 15) is 9.36 Å². The highest BCUT2D eigenvalue weighted by Gasteiger charge is 2.17. The Hall–Kier alpha value is -1.73. The maximum Gasteiger partial charge on any atom is 0.472 e. The summed E-state index contributed by atoms with van der Waals surface area (Å²) >= 11 is 0. The zero-order valence-electron chi connectivity index (χ0n) is 13.7. The Morgan fingerprint density at radius 3 is 1.78 bits per heavy atom. The lowest BCUT2D eigenvalue weighted by Crippen LogP contribution is -2.04. The van der Waals surface area contributed by atoms with Crippen LogP contribution < -0.4 is 5.32 Å². The molecule has 1 rings (SSSR count). The van der Waals surface area contributed by atoms with Gasteiger partial charge in [0.15, 0.2) is 0 Å². The summed E-state index contributed by atoms with van der Waals surface area (Å²) in [5.41, 5.74) is 0.843. The third-order valence-corrected chi connectivity index (χ3v) is 2.85. The predicted octanol–water partition coefficient (Wildman–Crippen LogP) is 2.90. The second-order valence-corrected chi connectivity index (χ2v) is 5.32. The fourth-order valence-corrected chi connectivity index (χ4v) is 1.82. The Balaban J connectivity index is 0. The minimum Gasteiger partial charge on any atom is -0.481 e. The van der Waals surface area contributed by atoms with E-state index in [1.54, 1.807) is 13.8 Å². The van der Waals surface area contributed by atoms with E-state index in [0.717, 1.165) is 12.6 Å². The number of carboxylic acid groups (broad SMARTS) is 1. The molecule has 0 radical (unpaired) electrons. The summed E-state index contributed by atoms with van der Waals surface area (Å²) in [4.78, 5) is 28.1. The normalized spacial score (nSPS) is 9.61. The van der Waals surface area contributed by atoms with Crippen LogP contribution in [0.3, 0.4) is 0 Å². The first kappa shape index (κ1) is 23.5. The van der Waals surface area contributed by atoms with Gasteiger partial charge in [-0.3, -0.25) is 18.6 Å². The van der Waals surface area contributed by atoms with Gasteiger partial charge in [-0.1, -0.05) is 18.2 Å². The molecule has 132 valence electrons. The van der Waals surface area contributed by atoms with Crippen molar-refractivity contribution in [2.75, 3.05) is 18.5 Å². The number of phosphoric acid groups is 1. The van der Waals surface area contributed by atoms with Gasteiger partial charge in [-0.25, -0.2) is 4.57 Å². The highest BCUT2D eigenvalue weighted by Crippen LogP contribution is 2.42. The number of hydrogen-bond acceptors (Lipinski definition) is 5. The molecule has 0 aliphatic carbocycles. The number of aliphatic carboxylic acids is 1. The minimum absolute atomic E-state index is 0.0359. The van der Waals surface area contributed by atoms with Gasteiger partial charge in [0.2, 0.25) is 5.91 Å². The molecule has 3 N–H and O–H groups in total. The second-order valence-electron chi connectivity index (χ2n) is 3.87. The Morgan fingerprint density at radius 2 is 1.48 bits per heavy atom. The number of carboxylic acids is 1. The van der Waals surface area contributed by atoms with Crippen molar-refractivity contribution in [3.63, 3.8) is 0 Å². The number of nitrogens with one attached hydrogen (secondary N) is 1. The van der Waals surface area contributed by atoms with E-state index >= 15 is 0 Å². The molecule has 0 saturated heterocycles. The van der Waals surface area contributed by atoms with E-state index in [0.29, 0.717) is 0 Å². The molecule has 0 aliphatic heterocycles. The van der Waals surface area contributed by atoms with Gasteiger partial charge < -0.3 is 15.3 Å². The Morgan fingerprint density at radius 1 is 1.09 bits per heavy atom. The van der Waals surface area contributed by atoms with Crippen molar-refractivity contribution in [2.45, 2.75) is 27.7 Å². The van der Waals surface area contributed by atoms with Gasteiger partial charge in [0.1, 0.15) is 0 Å². The van der Waals surface area contributed by atoms with Crippen molar-refractivity contribution in [1.29, 1.82) is 0 Å². The van der Waals surface area contributed by atoms with Gasteiger partial charge >= 0.3 is 7.82 Å². The molecule has 0 saturated carbocycles. The quantitative estimate of drug-likeness (QED) is 0.699. The Kier molecular flexibility index (Phi) is 14.2. The summed E-state index contributed by atoms with van der Waals surface area (Å²) in [6, 6.07) is 9.37. The van der Waals surface area contributed by atoms with Crippen LogP contribution >= 0.6 is 7.82 Å². The van der Waals surface area contributed by atoms with Crippen LogP contribution in [-0.4, -0.2) is 35.1 Å². The Labute approximate surface area is 136 Å². The van der Waals surface area contributed by atoms with Crippen molar-refractivity contribution < 1.29 is 33.2 Å². The molecule has 0 aromatic heterocycles. The average molecular weight is 349 g/mol. The molecule has 0 atom stereocenters. The maximum atomic E-state index is 10.5. The first-order chi connectivity index (χ1) is 10.6. The fourth-order valence-electron chi connectivity index (χ4n) is 1.09. The molecule has 8 nitrogen and oxygen atoms in total. The molecule has 0 unspecified atom stereocenters. The van der Waals surface area contributed by atoms with E-state index in [1.165, 1.54) is 6.92 Å². The number of rotatable bonds is 5. The summed E-state index contributed by atoms with van der Waals surface area (Å²) in [5.74, 6) is -0.869. The smallest absolute Gasteiger partial charge is 0.472 e. The zero-order chi connectivity index (χ0) is 18.3. The largest absolute Gasteiger partial charge is 0.481 e. The third kappa shape index (κ3) is 20.3. The summed E-state index contributed by atoms with van der Waals surface area (Å²) < 4.78 is 19.2. The maximum absolute atomic E-state index is 10.5. The summed E-state index contributed by atoms with van der Waals surface area (Å²) in [5, 5.41) is 10.1. The molecular weight excluding hydrogens is 325 g/mol. The molecule has 23 heavy (non-hydrogen) atoms. The molecule has 0 heterocycles. The van der Waals surface area contributed by atoms with E-state index in [1.807, 2.05) is 30.3 Å². The van der Waals surface area contributed by atoms with Crippen LogP contribution in [0.25, 0.3) is 0 Å². The Bertz CT molecular complexity index is 479. The molecule has 0 spiro atoms. The first-order valence-corrected chi connectivity index (χ1v) is 8.28. The summed E-state index contributed by atoms with van der Waals surface area (Å²) in [6.07, 6.45) is 0. The zero-order valence-corrected chi connectivity index (χ0v) is 14.6. The van der Waals surface area contributed by atoms with Crippen LogP contribution in [0.2, 0.25) is 0 Å². The summed E-state index contributed by atoms with van der Waals surface area (Å²) in [6.45, 7) is 6.21. The van der Waals surface area contributed by atoms with E-state index in [-0.39, 0.29) is 19.1 Å². The highest BCUT2D eigenvalue weighted by molar-refractivity contribution is 7.47. The van der Waals surface area contributed by atoms with Crippen LogP contribution in [0.4, 0.5) is 5.69 Å². The predicted molar refractivity (Wildman–Crippen MR) is 87.1 cm³/mol. The highest BCUT2D eigenvalue weighted by atomic mass is 31.2. The van der Waals surface area contributed by atoms with E-state index in [4.69, 9.17) is 14.8 Å². The molecule has 1 aromatic carbocycles. The van der Waals surface area contributed by atoms with Crippen LogP contribution in [-0.2, 0) is 23.2 Å². The van der Waals surface area contributed by atoms with Gasteiger partial charge in [-0.05, 0) is 26.0 Å². The molecule has 0 bridgehead atoms. The standard InChI is InChI=1S/C8H9NO.C4H11O4P.C2H4O2/c1-7(10)9-8-5-3-2-4-6-8;1-3-7-9(5,6)8-4-2;1-2(3)4/h2-6H,1H3,(H,9,10);3-4H2,1-2H3,(H,5,6);1H3,(H,3,4). The van der Waals surface area contributed by atoms with Crippen LogP contribution in [0, 0.1) is 0 Å². The van der Waals surface area contributed by atoms with Crippen molar-refractivity contribution >= 4 is 25.4 Å². The van der Waals surface area contributed by atoms with Gasteiger partial charge in [-0.15, -0.1) is 0 Å². The van der Waals surface area contributed by atoms with Crippen molar-refractivity contribution in [3.05, 3.63) is 30.3 Å². The van der Waals surface area contributed by atoms with E-state index in [2.05, 4.69) is 14.4 Å². The third-order valence-electron chi connectivity index (χ3n) is 1.68. The number of phosphoric ester groups is 1. The summed E-state index contributed by atoms with van der Waals surface area (Å²) in [7, 11) is -3.69. The van der Waals surface area contributed by atoms with Crippen molar-refractivity contribution in [2.24, 2.45) is 0 Å². The van der Waals surface area contributed by atoms with Crippen molar-refractivity contribution in [1.82, 2.24) is 0 Å². The number of carbonyl (C=O) groups excluding carboxylic acids is 1. The van der Waals surface area contributed by atoms with Gasteiger partial charge in [-0.2, -0.15) is 0 Å². The topological polar surface area (TPSA) is 122 Å². The number of hydrogen-bond donors (Lipinski definition) is 3. The minimum atomic E-state index is -3.69. The van der Waals surface area contributed by atoms with Crippen LogP contribution in [0.1, 0.15) is 27.7 Å². The van der Waals surface area contributed by atoms with Gasteiger partial charge in [0.05, 0.1) is 13.2 Å². The monoisotopic (exact) mass is 349 g/mol. The number of para-hydroxylation sites is 1. The van der Waals surface area contributed by atoms with Crippen molar-refractivity contribution in [3.8, 4) is 0 Å².